The highest BCUT2D eigenvalue weighted by Crippen LogP contribution is 2.20. The smallest absolute Gasteiger partial charge is 0.153 e. The van der Waals surface area contributed by atoms with Gasteiger partial charge in [0.1, 0.15) is 0 Å². The van der Waals surface area contributed by atoms with E-state index in [-0.39, 0.29) is 0 Å². The molecule has 0 unspecified atom stereocenters. The van der Waals surface area contributed by atoms with Crippen LogP contribution in [0.3, 0.4) is 0 Å². The number of nitrogens with two attached hydrogens (primary N) is 1. The monoisotopic (exact) mass is 200 g/mol. The summed E-state index contributed by atoms with van der Waals surface area (Å²) in [6, 6.07) is 5.65. The van der Waals surface area contributed by atoms with E-state index in [1.807, 2.05) is 25.1 Å². The minimum absolute atomic E-state index is 0.638. The van der Waals surface area contributed by atoms with Gasteiger partial charge in [-0.1, -0.05) is 0 Å². The fourth-order valence-electron chi connectivity index (χ4n) is 1.27. The molecule has 2 aromatic rings. The Morgan fingerprint density at radius 3 is 2.87 bits per heavy atom. The first-order chi connectivity index (χ1) is 7.25. The molecular formula is C11H12N4. The molecule has 4 heteroatoms. The van der Waals surface area contributed by atoms with Gasteiger partial charge in [-0.3, -0.25) is 4.98 Å². The van der Waals surface area contributed by atoms with Gasteiger partial charge in [-0.25, -0.2) is 4.98 Å². The highest BCUT2D eigenvalue weighted by Gasteiger charge is 2.00. The van der Waals surface area contributed by atoms with Crippen LogP contribution in [-0.2, 0) is 0 Å². The molecule has 0 amide bonds. The average Bonchev–Trinajstić information content (AvgIpc) is 2.24. The number of hydrogen-bond acceptors (Lipinski definition) is 4. The Labute approximate surface area is 88.2 Å². The molecule has 0 aliphatic carbocycles. The van der Waals surface area contributed by atoms with Crippen molar-refractivity contribution in [2.24, 2.45) is 0 Å². The second kappa shape index (κ2) is 3.96. The van der Waals surface area contributed by atoms with Crippen LogP contribution in [0.5, 0.6) is 0 Å². The Balaban J connectivity index is 2.25. The molecule has 0 aromatic carbocycles. The third-order valence-corrected chi connectivity index (χ3v) is 1.98. The summed E-state index contributed by atoms with van der Waals surface area (Å²) in [6.45, 7) is 1.96. The number of pyridine rings is 2. The molecule has 76 valence electrons. The zero-order valence-electron chi connectivity index (χ0n) is 8.44. The van der Waals surface area contributed by atoms with Gasteiger partial charge in [0.25, 0.3) is 0 Å². The number of nitrogens with one attached hydrogen (secondary N) is 1. The lowest BCUT2D eigenvalue weighted by Crippen LogP contribution is -1.99. The second-order valence-electron chi connectivity index (χ2n) is 3.32. The van der Waals surface area contributed by atoms with Gasteiger partial charge >= 0.3 is 0 Å². The van der Waals surface area contributed by atoms with Crippen LogP contribution < -0.4 is 11.1 Å². The van der Waals surface area contributed by atoms with Crippen LogP contribution in [0.15, 0.2) is 36.8 Å². The Kier molecular flexibility index (Phi) is 2.49. The molecule has 2 aromatic heterocycles. The van der Waals surface area contributed by atoms with Gasteiger partial charge in [0, 0.05) is 12.4 Å². The van der Waals surface area contributed by atoms with E-state index in [4.69, 9.17) is 5.73 Å². The van der Waals surface area contributed by atoms with Crippen molar-refractivity contribution in [2.75, 3.05) is 11.1 Å². The molecule has 0 bridgehead atoms. The van der Waals surface area contributed by atoms with Crippen LogP contribution in [0, 0.1) is 6.92 Å². The fourth-order valence-corrected chi connectivity index (χ4v) is 1.27. The van der Waals surface area contributed by atoms with Crippen LogP contribution in [0.2, 0.25) is 0 Å². The van der Waals surface area contributed by atoms with Crippen LogP contribution in [-0.4, -0.2) is 9.97 Å². The molecule has 0 saturated heterocycles. The summed E-state index contributed by atoms with van der Waals surface area (Å²) in [5.74, 6) is 0.661. The van der Waals surface area contributed by atoms with E-state index in [0.717, 1.165) is 11.3 Å². The van der Waals surface area contributed by atoms with Crippen molar-refractivity contribution in [3.63, 3.8) is 0 Å². The number of hydrogen-bond donors (Lipinski definition) is 2. The van der Waals surface area contributed by atoms with E-state index >= 15 is 0 Å². The molecular weight excluding hydrogens is 188 g/mol. The van der Waals surface area contributed by atoms with Gasteiger partial charge in [-0.05, 0) is 30.7 Å². The van der Waals surface area contributed by atoms with Gasteiger partial charge < -0.3 is 11.1 Å². The zero-order chi connectivity index (χ0) is 10.7. The Morgan fingerprint density at radius 2 is 2.20 bits per heavy atom. The van der Waals surface area contributed by atoms with E-state index in [9.17, 15) is 0 Å². The van der Waals surface area contributed by atoms with Crippen LogP contribution >= 0.6 is 0 Å². The zero-order valence-corrected chi connectivity index (χ0v) is 8.44. The summed E-state index contributed by atoms with van der Waals surface area (Å²) >= 11 is 0. The number of nitrogens with zero attached hydrogens (tertiary/aromatic N) is 2. The van der Waals surface area contributed by atoms with Gasteiger partial charge in [-0.2, -0.15) is 0 Å². The number of nitrogen functional groups attached to an aromatic ring is 1. The first-order valence-corrected chi connectivity index (χ1v) is 4.65. The molecule has 0 radical (unpaired) electrons. The van der Waals surface area contributed by atoms with Crippen LogP contribution in [0.1, 0.15) is 5.56 Å². The van der Waals surface area contributed by atoms with E-state index in [0.29, 0.717) is 11.5 Å². The molecule has 4 nitrogen and oxygen atoms in total. The molecule has 2 rings (SSSR count). The van der Waals surface area contributed by atoms with Gasteiger partial charge in [0.15, 0.2) is 5.82 Å². The normalized spacial score (nSPS) is 9.93. The first-order valence-electron chi connectivity index (χ1n) is 4.65. The van der Waals surface area contributed by atoms with Crippen molar-refractivity contribution in [1.82, 2.24) is 9.97 Å². The SMILES string of the molecule is Cc1cnc(Nc2cccnc2)c(N)c1. The predicted molar refractivity (Wildman–Crippen MR) is 60.9 cm³/mol. The first kappa shape index (κ1) is 9.45. The molecule has 0 fully saturated rings. The number of aryl methyl sites for hydroxylation is 1. The lowest BCUT2D eigenvalue weighted by Gasteiger charge is -2.07. The molecule has 0 aliphatic rings. The number of anilines is 3. The molecule has 2 heterocycles. The highest BCUT2D eigenvalue weighted by atomic mass is 15.0. The summed E-state index contributed by atoms with van der Waals surface area (Å²) in [7, 11) is 0. The maximum Gasteiger partial charge on any atom is 0.153 e. The van der Waals surface area contributed by atoms with E-state index in [2.05, 4.69) is 15.3 Å². The van der Waals surface area contributed by atoms with Crippen molar-refractivity contribution in [3.8, 4) is 0 Å². The molecule has 0 saturated carbocycles. The van der Waals surface area contributed by atoms with Gasteiger partial charge in [0.05, 0.1) is 17.6 Å². The third kappa shape index (κ3) is 2.22. The van der Waals surface area contributed by atoms with Crippen molar-refractivity contribution >= 4 is 17.2 Å². The molecule has 0 atom stereocenters. The Hall–Kier alpha value is -2.10. The molecule has 3 N–H and O–H groups in total. The summed E-state index contributed by atoms with van der Waals surface area (Å²) in [4.78, 5) is 8.21. The Bertz CT molecular complexity index is 453. The second-order valence-corrected chi connectivity index (χ2v) is 3.32. The quantitative estimate of drug-likeness (QED) is 0.779. The summed E-state index contributed by atoms with van der Waals surface area (Å²) in [5, 5.41) is 3.10. The number of rotatable bonds is 2. The van der Waals surface area contributed by atoms with Gasteiger partial charge in [-0.15, -0.1) is 0 Å². The minimum atomic E-state index is 0.638. The minimum Gasteiger partial charge on any atom is -0.396 e. The largest absolute Gasteiger partial charge is 0.396 e. The summed E-state index contributed by atoms with van der Waals surface area (Å²) < 4.78 is 0. The summed E-state index contributed by atoms with van der Waals surface area (Å²) in [6.07, 6.45) is 5.22. The molecule has 15 heavy (non-hydrogen) atoms. The van der Waals surface area contributed by atoms with Crippen molar-refractivity contribution in [3.05, 3.63) is 42.4 Å². The fraction of sp³-hybridized carbons (Fsp3) is 0.0909. The van der Waals surface area contributed by atoms with E-state index < -0.39 is 0 Å². The average molecular weight is 200 g/mol. The lowest BCUT2D eigenvalue weighted by molar-refractivity contribution is 1.25. The van der Waals surface area contributed by atoms with Crippen LogP contribution in [0.25, 0.3) is 0 Å². The van der Waals surface area contributed by atoms with Crippen LogP contribution in [0.4, 0.5) is 17.2 Å². The predicted octanol–water partition coefficient (Wildman–Crippen LogP) is 2.11. The van der Waals surface area contributed by atoms with Gasteiger partial charge in [0.2, 0.25) is 0 Å². The summed E-state index contributed by atoms with van der Waals surface area (Å²) in [5.41, 5.74) is 8.38. The van der Waals surface area contributed by atoms with E-state index in [1.165, 1.54) is 0 Å². The molecule has 0 aliphatic heterocycles. The maximum atomic E-state index is 5.82. The van der Waals surface area contributed by atoms with Crippen molar-refractivity contribution in [2.45, 2.75) is 6.92 Å². The maximum absolute atomic E-state index is 5.82. The lowest BCUT2D eigenvalue weighted by atomic mass is 10.3. The standard InChI is InChI=1S/C11H12N4/c1-8-5-10(12)11(14-6-8)15-9-3-2-4-13-7-9/h2-7H,12H2,1H3,(H,14,15). The Morgan fingerprint density at radius 1 is 1.33 bits per heavy atom. The third-order valence-electron chi connectivity index (χ3n) is 1.98. The van der Waals surface area contributed by atoms with E-state index in [1.54, 1.807) is 18.6 Å². The highest BCUT2D eigenvalue weighted by molar-refractivity contribution is 5.68. The topological polar surface area (TPSA) is 63.8 Å². The van der Waals surface area contributed by atoms with Crippen molar-refractivity contribution in [1.29, 1.82) is 0 Å². The number of aromatic nitrogens is 2. The van der Waals surface area contributed by atoms with Crippen molar-refractivity contribution < 1.29 is 0 Å². The molecule has 0 spiro atoms.